The van der Waals surface area contributed by atoms with Crippen molar-refractivity contribution in [2.24, 2.45) is 5.92 Å². The lowest BCUT2D eigenvalue weighted by Gasteiger charge is -2.23. The predicted octanol–water partition coefficient (Wildman–Crippen LogP) is 2.22. The summed E-state index contributed by atoms with van der Waals surface area (Å²) in [4.78, 5) is 19.5. The van der Waals surface area contributed by atoms with Crippen molar-refractivity contribution in [2.75, 3.05) is 0 Å². The van der Waals surface area contributed by atoms with E-state index in [1.165, 1.54) is 12.7 Å². The Balaban J connectivity index is 2.24. The minimum atomic E-state index is 0.153. The van der Waals surface area contributed by atoms with Gasteiger partial charge in [0.05, 0.1) is 4.47 Å². The van der Waals surface area contributed by atoms with E-state index in [9.17, 15) is 4.79 Å². The molecule has 2 rings (SSSR count). The number of hydrogen-bond acceptors (Lipinski definition) is 3. The van der Waals surface area contributed by atoms with Crippen molar-refractivity contribution in [3.05, 3.63) is 22.7 Å². The first-order chi connectivity index (χ1) is 6.29. The van der Waals surface area contributed by atoms with Crippen molar-refractivity contribution in [2.45, 2.75) is 19.3 Å². The molecule has 0 aliphatic heterocycles. The predicted molar refractivity (Wildman–Crippen MR) is 51.4 cm³/mol. The van der Waals surface area contributed by atoms with Crippen molar-refractivity contribution in [3.8, 4) is 0 Å². The Bertz CT molecular complexity index is 336. The maximum atomic E-state index is 11.7. The van der Waals surface area contributed by atoms with Crippen LogP contribution in [0, 0.1) is 5.92 Å². The Morgan fingerprint density at radius 1 is 1.54 bits per heavy atom. The van der Waals surface area contributed by atoms with Gasteiger partial charge < -0.3 is 0 Å². The van der Waals surface area contributed by atoms with E-state index < -0.39 is 0 Å². The minimum absolute atomic E-state index is 0.153. The number of rotatable bonds is 2. The Labute approximate surface area is 84.7 Å². The molecule has 0 unspecified atom stereocenters. The van der Waals surface area contributed by atoms with Gasteiger partial charge in [-0.3, -0.25) is 4.79 Å². The van der Waals surface area contributed by atoms with Crippen LogP contribution < -0.4 is 0 Å². The lowest BCUT2D eigenvalue weighted by atomic mass is 9.81. The second-order valence-corrected chi connectivity index (χ2v) is 4.07. The summed E-state index contributed by atoms with van der Waals surface area (Å²) in [6, 6.07) is 0. The third kappa shape index (κ3) is 1.63. The zero-order valence-corrected chi connectivity index (χ0v) is 8.62. The first-order valence-corrected chi connectivity index (χ1v) is 5.08. The van der Waals surface area contributed by atoms with Gasteiger partial charge in [-0.25, -0.2) is 9.97 Å². The summed E-state index contributed by atoms with van der Waals surface area (Å²) in [5, 5.41) is 0. The average Bonchev–Trinajstić information content (AvgIpc) is 2.01. The molecule has 1 aromatic rings. The highest BCUT2D eigenvalue weighted by atomic mass is 79.9. The molecule has 0 amide bonds. The third-order valence-electron chi connectivity index (χ3n) is 2.38. The number of hydrogen-bond donors (Lipinski definition) is 0. The number of carbonyl (C=O) groups excluding carboxylic acids is 1. The second-order valence-electron chi connectivity index (χ2n) is 3.21. The molecule has 1 fully saturated rings. The summed E-state index contributed by atoms with van der Waals surface area (Å²) >= 11 is 3.27. The third-order valence-corrected chi connectivity index (χ3v) is 2.96. The van der Waals surface area contributed by atoms with E-state index >= 15 is 0 Å². The second kappa shape index (κ2) is 3.54. The molecule has 0 saturated heterocycles. The first kappa shape index (κ1) is 8.81. The fraction of sp³-hybridized carbons (Fsp3) is 0.444. The molecule has 0 bridgehead atoms. The number of nitrogens with zero attached hydrogens (tertiary/aromatic N) is 2. The SMILES string of the molecule is O=C(c1ncncc1Br)C1CCC1. The molecule has 0 atom stereocenters. The van der Waals surface area contributed by atoms with Gasteiger partial charge in [0.15, 0.2) is 5.78 Å². The normalized spacial score (nSPS) is 16.7. The molecule has 0 radical (unpaired) electrons. The Hall–Kier alpha value is -0.770. The zero-order chi connectivity index (χ0) is 9.26. The van der Waals surface area contributed by atoms with Gasteiger partial charge in [0.2, 0.25) is 0 Å². The minimum Gasteiger partial charge on any atom is -0.292 e. The summed E-state index contributed by atoms with van der Waals surface area (Å²) in [5.74, 6) is 0.353. The van der Waals surface area contributed by atoms with Crippen molar-refractivity contribution < 1.29 is 4.79 Å². The number of aromatic nitrogens is 2. The van der Waals surface area contributed by atoms with Crippen LogP contribution >= 0.6 is 15.9 Å². The molecular weight excluding hydrogens is 232 g/mol. The van der Waals surface area contributed by atoms with Gasteiger partial charge in [0.25, 0.3) is 0 Å². The monoisotopic (exact) mass is 240 g/mol. The Morgan fingerprint density at radius 2 is 2.31 bits per heavy atom. The van der Waals surface area contributed by atoms with E-state index in [4.69, 9.17) is 0 Å². The topological polar surface area (TPSA) is 42.9 Å². The molecule has 1 aliphatic rings. The smallest absolute Gasteiger partial charge is 0.185 e. The molecule has 13 heavy (non-hydrogen) atoms. The highest BCUT2D eigenvalue weighted by Gasteiger charge is 2.28. The molecule has 4 heteroatoms. The van der Waals surface area contributed by atoms with Crippen LogP contribution in [-0.2, 0) is 0 Å². The zero-order valence-electron chi connectivity index (χ0n) is 7.03. The molecule has 1 aromatic heterocycles. The van der Waals surface area contributed by atoms with E-state index in [1.54, 1.807) is 6.20 Å². The first-order valence-electron chi connectivity index (χ1n) is 4.29. The highest BCUT2D eigenvalue weighted by Crippen LogP contribution is 2.30. The summed E-state index contributed by atoms with van der Waals surface area (Å²) in [6.07, 6.45) is 6.21. The average molecular weight is 241 g/mol. The largest absolute Gasteiger partial charge is 0.292 e. The summed E-state index contributed by atoms with van der Waals surface area (Å²) < 4.78 is 0.701. The molecule has 3 nitrogen and oxygen atoms in total. The van der Waals surface area contributed by atoms with E-state index in [2.05, 4.69) is 25.9 Å². The van der Waals surface area contributed by atoms with Gasteiger partial charge in [0.1, 0.15) is 12.0 Å². The van der Waals surface area contributed by atoms with Crippen molar-refractivity contribution >= 4 is 21.7 Å². The molecule has 1 aliphatic carbocycles. The summed E-state index contributed by atoms with van der Waals surface area (Å²) in [5.41, 5.74) is 0.528. The van der Waals surface area contributed by atoms with Crippen LogP contribution in [0.1, 0.15) is 29.8 Å². The Morgan fingerprint density at radius 3 is 2.85 bits per heavy atom. The van der Waals surface area contributed by atoms with Crippen LogP contribution in [0.3, 0.4) is 0 Å². The molecule has 0 spiro atoms. The maximum Gasteiger partial charge on any atom is 0.185 e. The maximum absolute atomic E-state index is 11.7. The fourth-order valence-corrected chi connectivity index (χ4v) is 1.77. The number of Topliss-reactive ketones (excluding diaryl/α,β-unsaturated/α-hetero) is 1. The van der Waals surface area contributed by atoms with Crippen LogP contribution in [-0.4, -0.2) is 15.8 Å². The van der Waals surface area contributed by atoms with E-state index in [1.807, 2.05) is 0 Å². The summed E-state index contributed by atoms with van der Waals surface area (Å²) in [6.45, 7) is 0. The van der Waals surface area contributed by atoms with Gasteiger partial charge in [-0.05, 0) is 28.8 Å². The van der Waals surface area contributed by atoms with Crippen LogP contribution in [0.5, 0.6) is 0 Å². The lowest BCUT2D eigenvalue weighted by molar-refractivity contribution is 0.0848. The number of carbonyl (C=O) groups is 1. The number of halogens is 1. The summed E-state index contributed by atoms with van der Waals surface area (Å²) in [7, 11) is 0. The standard InChI is InChI=1S/C9H9BrN2O/c10-7-4-11-5-12-8(7)9(13)6-2-1-3-6/h4-6H,1-3H2. The number of ketones is 1. The van der Waals surface area contributed by atoms with Gasteiger partial charge >= 0.3 is 0 Å². The van der Waals surface area contributed by atoms with Crippen molar-refractivity contribution in [1.29, 1.82) is 0 Å². The van der Waals surface area contributed by atoms with Gasteiger partial charge in [0, 0.05) is 12.1 Å². The van der Waals surface area contributed by atoms with E-state index in [-0.39, 0.29) is 11.7 Å². The van der Waals surface area contributed by atoms with E-state index in [0.29, 0.717) is 10.2 Å². The molecule has 68 valence electrons. The van der Waals surface area contributed by atoms with Gasteiger partial charge in [-0.15, -0.1) is 0 Å². The molecule has 1 saturated carbocycles. The quantitative estimate of drug-likeness (QED) is 0.745. The molecule has 0 N–H and O–H groups in total. The molecule has 1 heterocycles. The fourth-order valence-electron chi connectivity index (χ4n) is 1.36. The lowest BCUT2D eigenvalue weighted by Crippen LogP contribution is -2.23. The van der Waals surface area contributed by atoms with Crippen molar-refractivity contribution in [1.82, 2.24) is 9.97 Å². The van der Waals surface area contributed by atoms with Crippen LogP contribution in [0.2, 0.25) is 0 Å². The van der Waals surface area contributed by atoms with Gasteiger partial charge in [-0.1, -0.05) is 6.42 Å². The van der Waals surface area contributed by atoms with Crippen LogP contribution in [0.15, 0.2) is 17.0 Å². The van der Waals surface area contributed by atoms with E-state index in [0.717, 1.165) is 12.8 Å². The molecular formula is C9H9BrN2O. The molecule has 0 aromatic carbocycles. The van der Waals surface area contributed by atoms with Crippen LogP contribution in [0.4, 0.5) is 0 Å². The van der Waals surface area contributed by atoms with Crippen molar-refractivity contribution in [3.63, 3.8) is 0 Å². The van der Waals surface area contributed by atoms with Gasteiger partial charge in [-0.2, -0.15) is 0 Å². The highest BCUT2D eigenvalue weighted by molar-refractivity contribution is 9.10. The Kier molecular flexibility index (Phi) is 2.40. The van der Waals surface area contributed by atoms with Crippen LogP contribution in [0.25, 0.3) is 0 Å².